The Labute approximate surface area is 125 Å². The van der Waals surface area contributed by atoms with Gasteiger partial charge in [-0.15, -0.1) is 0 Å². The average molecular weight is 307 g/mol. The molecule has 0 aliphatic carbocycles. The zero-order valence-electron chi connectivity index (χ0n) is 11.9. The Hall–Kier alpha value is -2.22. The molecule has 0 saturated carbocycles. The van der Waals surface area contributed by atoms with Crippen molar-refractivity contribution in [3.05, 3.63) is 45.7 Å². The summed E-state index contributed by atoms with van der Waals surface area (Å²) in [7, 11) is 0. The molecule has 0 fully saturated rings. The summed E-state index contributed by atoms with van der Waals surface area (Å²) in [5.41, 5.74) is 0.0801. The highest BCUT2D eigenvalue weighted by Gasteiger charge is 2.19. The molecular formula is C15H17NO6. The minimum atomic E-state index is -1.36. The summed E-state index contributed by atoms with van der Waals surface area (Å²) >= 11 is 0. The average Bonchev–Trinajstić information content (AvgIpc) is 2.53. The number of aromatic nitrogens is 1. The molecule has 7 heteroatoms. The van der Waals surface area contributed by atoms with E-state index in [9.17, 15) is 19.8 Å². The minimum Gasteiger partial charge on any atom is -0.462 e. The minimum absolute atomic E-state index is 0.135. The number of esters is 1. The highest BCUT2D eigenvalue weighted by atomic mass is 16.5. The summed E-state index contributed by atoms with van der Waals surface area (Å²) in [4.78, 5) is 26.9. The molecule has 7 nitrogen and oxygen atoms in total. The van der Waals surface area contributed by atoms with Crippen LogP contribution in [0.25, 0.3) is 10.9 Å². The van der Waals surface area contributed by atoms with E-state index in [4.69, 9.17) is 9.84 Å². The Kier molecular flexibility index (Phi) is 4.92. The third-order valence-electron chi connectivity index (χ3n) is 3.29. The van der Waals surface area contributed by atoms with Crippen molar-refractivity contribution in [1.82, 2.24) is 4.98 Å². The van der Waals surface area contributed by atoms with Crippen LogP contribution in [0.5, 0.6) is 0 Å². The standard InChI is InChI=1S/C15H17NO6/c1-2-22-15(21)10-6-16-11-4-3-8(5-9(11)14(10)20)13(19)12(18)7-17/h3-6,12-13,17-19H,2,7H2,1H3,(H,16,20). The Bertz CT molecular complexity index is 738. The van der Waals surface area contributed by atoms with Crippen LogP contribution in [-0.2, 0) is 4.74 Å². The van der Waals surface area contributed by atoms with Crippen molar-refractivity contribution >= 4 is 16.9 Å². The van der Waals surface area contributed by atoms with Crippen LogP contribution in [0.1, 0.15) is 28.9 Å². The van der Waals surface area contributed by atoms with Gasteiger partial charge in [0.1, 0.15) is 17.8 Å². The van der Waals surface area contributed by atoms with Crippen LogP contribution in [0.4, 0.5) is 0 Å². The molecule has 0 radical (unpaired) electrons. The summed E-state index contributed by atoms with van der Waals surface area (Å²) in [6, 6.07) is 4.45. The monoisotopic (exact) mass is 307 g/mol. The molecule has 4 N–H and O–H groups in total. The number of carbonyl (C=O) groups excluding carboxylic acids is 1. The molecule has 0 spiro atoms. The number of H-pyrrole nitrogens is 1. The van der Waals surface area contributed by atoms with Crippen molar-refractivity contribution in [2.45, 2.75) is 19.1 Å². The Morgan fingerprint density at radius 2 is 2.09 bits per heavy atom. The molecule has 22 heavy (non-hydrogen) atoms. The van der Waals surface area contributed by atoms with E-state index in [-0.39, 0.29) is 23.1 Å². The van der Waals surface area contributed by atoms with E-state index in [0.717, 1.165) is 0 Å². The van der Waals surface area contributed by atoms with Gasteiger partial charge in [-0.05, 0) is 24.6 Å². The third-order valence-corrected chi connectivity index (χ3v) is 3.29. The first-order valence-corrected chi connectivity index (χ1v) is 6.79. The van der Waals surface area contributed by atoms with Crippen molar-refractivity contribution < 1.29 is 24.9 Å². The second kappa shape index (κ2) is 6.69. The summed E-state index contributed by atoms with van der Waals surface area (Å²) in [6.45, 7) is 1.17. The van der Waals surface area contributed by atoms with Gasteiger partial charge in [-0.25, -0.2) is 4.79 Å². The van der Waals surface area contributed by atoms with Gasteiger partial charge < -0.3 is 25.0 Å². The summed E-state index contributed by atoms with van der Waals surface area (Å²) in [5, 5.41) is 28.4. The molecule has 2 atom stereocenters. The number of nitrogens with one attached hydrogen (secondary N) is 1. The van der Waals surface area contributed by atoms with Crippen LogP contribution >= 0.6 is 0 Å². The smallest absolute Gasteiger partial charge is 0.343 e. The van der Waals surface area contributed by atoms with E-state index in [0.29, 0.717) is 5.52 Å². The third kappa shape index (κ3) is 3.01. The molecule has 2 rings (SSSR count). The number of hydrogen-bond acceptors (Lipinski definition) is 6. The van der Waals surface area contributed by atoms with Gasteiger partial charge in [0.25, 0.3) is 0 Å². The van der Waals surface area contributed by atoms with Crippen LogP contribution in [0.3, 0.4) is 0 Å². The normalized spacial score (nSPS) is 13.8. The van der Waals surface area contributed by atoms with Gasteiger partial charge >= 0.3 is 5.97 Å². The highest BCUT2D eigenvalue weighted by molar-refractivity contribution is 5.93. The lowest BCUT2D eigenvalue weighted by Gasteiger charge is -2.16. The molecule has 2 unspecified atom stereocenters. The number of benzene rings is 1. The SMILES string of the molecule is CCOC(=O)c1c[nH]c2ccc(C(O)C(O)CO)cc2c1=O. The van der Waals surface area contributed by atoms with Crippen LogP contribution in [0, 0.1) is 0 Å². The summed E-state index contributed by atoms with van der Waals surface area (Å²) in [6.07, 6.45) is -1.41. The predicted octanol–water partition coefficient (Wildman–Crippen LogP) is 0.0914. The lowest BCUT2D eigenvalue weighted by Crippen LogP contribution is -2.22. The number of rotatable bonds is 5. The molecule has 0 aliphatic heterocycles. The number of carbonyl (C=O) groups is 1. The van der Waals surface area contributed by atoms with Crippen LogP contribution < -0.4 is 5.43 Å². The fourth-order valence-corrected chi connectivity index (χ4v) is 2.10. The zero-order chi connectivity index (χ0) is 16.3. The van der Waals surface area contributed by atoms with Crippen molar-refractivity contribution in [1.29, 1.82) is 0 Å². The first kappa shape index (κ1) is 16.2. The van der Waals surface area contributed by atoms with Crippen LogP contribution in [-0.4, -0.2) is 45.6 Å². The molecule has 118 valence electrons. The second-order valence-corrected chi connectivity index (χ2v) is 4.75. The lowest BCUT2D eigenvalue weighted by molar-refractivity contribution is -0.0152. The van der Waals surface area contributed by atoms with E-state index in [1.54, 1.807) is 13.0 Å². The fourth-order valence-electron chi connectivity index (χ4n) is 2.10. The van der Waals surface area contributed by atoms with E-state index in [2.05, 4.69) is 4.98 Å². The highest BCUT2D eigenvalue weighted by Crippen LogP contribution is 2.20. The first-order chi connectivity index (χ1) is 10.5. The molecule has 0 bridgehead atoms. The van der Waals surface area contributed by atoms with Gasteiger partial charge in [0.05, 0.1) is 13.2 Å². The van der Waals surface area contributed by atoms with Crippen LogP contribution in [0.15, 0.2) is 29.2 Å². The number of pyridine rings is 1. The molecule has 1 aromatic carbocycles. The molecule has 0 amide bonds. The van der Waals surface area contributed by atoms with Gasteiger partial charge in [0.2, 0.25) is 5.43 Å². The van der Waals surface area contributed by atoms with E-state index in [1.165, 1.54) is 18.3 Å². The molecule has 1 aromatic heterocycles. The maximum Gasteiger partial charge on any atom is 0.343 e. The largest absolute Gasteiger partial charge is 0.462 e. The summed E-state index contributed by atoms with van der Waals surface area (Å²) in [5.74, 6) is -0.730. The maximum atomic E-state index is 12.3. The maximum absolute atomic E-state index is 12.3. The molecule has 2 aromatic rings. The number of hydrogen-bond donors (Lipinski definition) is 4. The van der Waals surface area contributed by atoms with Gasteiger partial charge in [0, 0.05) is 17.1 Å². The fraction of sp³-hybridized carbons (Fsp3) is 0.333. The lowest BCUT2D eigenvalue weighted by atomic mass is 10.0. The van der Waals surface area contributed by atoms with Gasteiger partial charge in [-0.1, -0.05) is 6.07 Å². The number of aliphatic hydroxyl groups excluding tert-OH is 3. The van der Waals surface area contributed by atoms with Gasteiger partial charge in [-0.3, -0.25) is 4.79 Å². The number of ether oxygens (including phenoxy) is 1. The Balaban J connectivity index is 2.53. The zero-order valence-corrected chi connectivity index (χ0v) is 11.9. The van der Waals surface area contributed by atoms with E-state index < -0.39 is 30.2 Å². The number of aliphatic hydroxyl groups is 3. The Morgan fingerprint density at radius 1 is 1.36 bits per heavy atom. The number of aromatic amines is 1. The molecule has 1 heterocycles. The topological polar surface area (TPSA) is 120 Å². The van der Waals surface area contributed by atoms with E-state index in [1.807, 2.05) is 0 Å². The van der Waals surface area contributed by atoms with Gasteiger partial charge in [0.15, 0.2) is 0 Å². The van der Waals surface area contributed by atoms with Crippen molar-refractivity contribution in [2.24, 2.45) is 0 Å². The van der Waals surface area contributed by atoms with Crippen molar-refractivity contribution in [3.8, 4) is 0 Å². The molecule has 0 aliphatic rings. The van der Waals surface area contributed by atoms with Gasteiger partial charge in [-0.2, -0.15) is 0 Å². The molecular weight excluding hydrogens is 290 g/mol. The molecule has 0 saturated heterocycles. The van der Waals surface area contributed by atoms with Crippen molar-refractivity contribution in [2.75, 3.05) is 13.2 Å². The number of fused-ring (bicyclic) bond motifs is 1. The Morgan fingerprint density at radius 3 is 2.73 bits per heavy atom. The first-order valence-electron chi connectivity index (χ1n) is 6.79. The second-order valence-electron chi connectivity index (χ2n) is 4.75. The predicted molar refractivity (Wildman–Crippen MR) is 78.6 cm³/mol. The summed E-state index contributed by atoms with van der Waals surface area (Å²) < 4.78 is 4.81. The van der Waals surface area contributed by atoms with E-state index >= 15 is 0 Å². The van der Waals surface area contributed by atoms with Crippen LogP contribution in [0.2, 0.25) is 0 Å². The quantitative estimate of drug-likeness (QED) is 0.581. The van der Waals surface area contributed by atoms with Crippen molar-refractivity contribution in [3.63, 3.8) is 0 Å².